The minimum absolute atomic E-state index is 0.0936. The third-order valence-corrected chi connectivity index (χ3v) is 2.87. The fraction of sp³-hybridized carbons (Fsp3) is 0.286. The first-order valence-corrected chi connectivity index (χ1v) is 6.14. The molecular weight excluding hydrogens is 242 g/mol. The number of benzene rings is 1. The number of hydrogen-bond donors (Lipinski definition) is 3. The van der Waals surface area contributed by atoms with E-state index in [-0.39, 0.29) is 18.7 Å². The molecule has 1 atom stereocenters. The normalized spacial score (nSPS) is 12.2. The van der Waals surface area contributed by atoms with Crippen molar-refractivity contribution in [1.29, 1.82) is 0 Å². The van der Waals surface area contributed by atoms with E-state index in [1.807, 2.05) is 31.2 Å². The first kappa shape index (κ1) is 13.3. The van der Waals surface area contributed by atoms with Gasteiger partial charge in [-0.25, -0.2) is 4.79 Å². The maximum Gasteiger partial charge on any atom is 0.319 e. The summed E-state index contributed by atoms with van der Waals surface area (Å²) in [5.74, 6) is 0. The highest BCUT2D eigenvalue weighted by Gasteiger charge is 2.09. The second kappa shape index (κ2) is 5.67. The molecule has 0 aliphatic rings. The molecule has 19 heavy (non-hydrogen) atoms. The van der Waals surface area contributed by atoms with Crippen LogP contribution in [0.2, 0.25) is 0 Å². The predicted octanol–water partition coefficient (Wildman–Crippen LogP) is 2.05. The number of urea groups is 1. The van der Waals surface area contributed by atoms with Crippen LogP contribution in [-0.4, -0.2) is 28.8 Å². The molecule has 100 valence electrons. The van der Waals surface area contributed by atoms with Crippen LogP contribution in [0.1, 0.15) is 12.5 Å². The number of pyridine rings is 1. The maximum absolute atomic E-state index is 11.8. The second-order valence-electron chi connectivity index (χ2n) is 4.51. The molecule has 2 aromatic rings. The van der Waals surface area contributed by atoms with E-state index in [2.05, 4.69) is 15.6 Å². The molecule has 3 N–H and O–H groups in total. The Labute approximate surface area is 111 Å². The van der Waals surface area contributed by atoms with Crippen LogP contribution in [0.5, 0.6) is 0 Å². The minimum Gasteiger partial charge on any atom is -0.394 e. The molecule has 0 aliphatic heterocycles. The molecular formula is C14H17N3O2. The smallest absolute Gasteiger partial charge is 0.319 e. The first-order valence-electron chi connectivity index (χ1n) is 6.14. The third kappa shape index (κ3) is 3.00. The largest absolute Gasteiger partial charge is 0.394 e. The second-order valence-corrected chi connectivity index (χ2v) is 4.51. The standard InChI is InChI=1S/C14H17N3O2/c1-9-5-6-12(11-4-3-7-15-13(9)11)17-14(19)16-10(2)8-18/h3-7,10,18H,8H2,1-2H3,(H2,16,17,19)/t10-/m1/s1. The van der Waals surface area contributed by atoms with E-state index in [1.54, 1.807) is 13.1 Å². The lowest BCUT2D eigenvalue weighted by molar-refractivity contribution is 0.229. The number of aryl methyl sites for hydroxylation is 1. The highest BCUT2D eigenvalue weighted by atomic mass is 16.3. The van der Waals surface area contributed by atoms with Crippen LogP contribution in [0.15, 0.2) is 30.5 Å². The SMILES string of the molecule is Cc1ccc(NC(=O)N[C@H](C)CO)c2cccnc12. The molecule has 5 heteroatoms. The van der Waals surface area contributed by atoms with E-state index >= 15 is 0 Å². The van der Waals surface area contributed by atoms with Crippen molar-refractivity contribution in [2.45, 2.75) is 19.9 Å². The van der Waals surface area contributed by atoms with Crippen molar-refractivity contribution in [2.75, 3.05) is 11.9 Å². The van der Waals surface area contributed by atoms with Crippen molar-refractivity contribution in [3.8, 4) is 0 Å². The van der Waals surface area contributed by atoms with Crippen LogP contribution in [0.4, 0.5) is 10.5 Å². The summed E-state index contributed by atoms with van der Waals surface area (Å²) in [7, 11) is 0. The zero-order chi connectivity index (χ0) is 13.8. The van der Waals surface area contributed by atoms with E-state index in [0.29, 0.717) is 5.69 Å². The number of aliphatic hydroxyl groups is 1. The van der Waals surface area contributed by atoms with Crippen LogP contribution in [0.3, 0.4) is 0 Å². The molecule has 1 aromatic heterocycles. The van der Waals surface area contributed by atoms with Crippen LogP contribution < -0.4 is 10.6 Å². The van der Waals surface area contributed by atoms with Gasteiger partial charge in [0.2, 0.25) is 0 Å². The zero-order valence-electron chi connectivity index (χ0n) is 11.0. The van der Waals surface area contributed by atoms with Gasteiger partial charge in [-0.15, -0.1) is 0 Å². The lowest BCUT2D eigenvalue weighted by Crippen LogP contribution is -2.38. The molecule has 0 fully saturated rings. The van der Waals surface area contributed by atoms with Crippen molar-refractivity contribution >= 4 is 22.6 Å². The van der Waals surface area contributed by atoms with E-state index in [9.17, 15) is 4.79 Å². The topological polar surface area (TPSA) is 74.2 Å². The Bertz CT molecular complexity index is 598. The van der Waals surface area contributed by atoms with Gasteiger partial charge in [-0.3, -0.25) is 4.98 Å². The fourth-order valence-electron chi connectivity index (χ4n) is 1.85. The molecule has 2 amide bonds. The van der Waals surface area contributed by atoms with Crippen molar-refractivity contribution < 1.29 is 9.90 Å². The van der Waals surface area contributed by atoms with E-state index in [4.69, 9.17) is 5.11 Å². The van der Waals surface area contributed by atoms with Crippen molar-refractivity contribution in [3.05, 3.63) is 36.0 Å². The van der Waals surface area contributed by atoms with Gasteiger partial charge in [0.25, 0.3) is 0 Å². The Morgan fingerprint density at radius 1 is 1.42 bits per heavy atom. The molecule has 1 heterocycles. The summed E-state index contributed by atoms with van der Waals surface area (Å²) >= 11 is 0. The van der Waals surface area contributed by atoms with Crippen molar-refractivity contribution in [3.63, 3.8) is 0 Å². The van der Waals surface area contributed by atoms with Gasteiger partial charge in [-0.05, 0) is 37.6 Å². The fourth-order valence-corrected chi connectivity index (χ4v) is 1.85. The van der Waals surface area contributed by atoms with Gasteiger partial charge < -0.3 is 15.7 Å². The Hall–Kier alpha value is -2.14. The molecule has 0 saturated heterocycles. The van der Waals surface area contributed by atoms with Crippen LogP contribution in [0.25, 0.3) is 10.9 Å². The van der Waals surface area contributed by atoms with Crippen molar-refractivity contribution in [2.24, 2.45) is 0 Å². The van der Waals surface area contributed by atoms with E-state index in [1.165, 1.54) is 0 Å². The summed E-state index contributed by atoms with van der Waals surface area (Å²) in [4.78, 5) is 16.1. The molecule has 0 bridgehead atoms. The number of fused-ring (bicyclic) bond motifs is 1. The molecule has 0 spiro atoms. The first-order chi connectivity index (χ1) is 9.11. The van der Waals surface area contributed by atoms with Gasteiger partial charge >= 0.3 is 6.03 Å². The zero-order valence-corrected chi connectivity index (χ0v) is 11.0. The number of nitrogens with one attached hydrogen (secondary N) is 2. The number of rotatable bonds is 3. The average molecular weight is 259 g/mol. The predicted molar refractivity (Wildman–Crippen MR) is 75.2 cm³/mol. The summed E-state index contributed by atoms with van der Waals surface area (Å²) in [6, 6.07) is 6.90. The molecule has 0 aliphatic carbocycles. The van der Waals surface area contributed by atoms with Crippen LogP contribution >= 0.6 is 0 Å². The van der Waals surface area contributed by atoms with Gasteiger partial charge in [0.15, 0.2) is 0 Å². The average Bonchev–Trinajstić information content (AvgIpc) is 2.42. The number of carbonyl (C=O) groups is 1. The van der Waals surface area contributed by atoms with Gasteiger partial charge in [0, 0.05) is 11.6 Å². The van der Waals surface area contributed by atoms with Crippen LogP contribution in [-0.2, 0) is 0 Å². The Kier molecular flexibility index (Phi) is 3.97. The number of hydrogen-bond acceptors (Lipinski definition) is 3. The monoisotopic (exact) mass is 259 g/mol. The number of aliphatic hydroxyl groups excluding tert-OH is 1. The molecule has 1 aromatic carbocycles. The summed E-state index contributed by atoms with van der Waals surface area (Å²) in [5, 5.41) is 15.2. The van der Waals surface area contributed by atoms with Crippen LogP contribution in [0, 0.1) is 6.92 Å². The number of amides is 2. The molecule has 5 nitrogen and oxygen atoms in total. The molecule has 0 radical (unpaired) electrons. The number of nitrogens with zero attached hydrogens (tertiary/aromatic N) is 1. The quantitative estimate of drug-likeness (QED) is 0.789. The lowest BCUT2D eigenvalue weighted by atomic mass is 10.1. The van der Waals surface area contributed by atoms with Gasteiger partial charge in [0.1, 0.15) is 0 Å². The van der Waals surface area contributed by atoms with Gasteiger partial charge in [-0.2, -0.15) is 0 Å². The number of anilines is 1. The Balaban J connectivity index is 2.26. The summed E-state index contributed by atoms with van der Waals surface area (Å²) in [6.45, 7) is 3.62. The van der Waals surface area contributed by atoms with E-state index < -0.39 is 0 Å². The third-order valence-electron chi connectivity index (χ3n) is 2.87. The lowest BCUT2D eigenvalue weighted by Gasteiger charge is -2.13. The Morgan fingerprint density at radius 2 is 2.21 bits per heavy atom. The number of aromatic nitrogens is 1. The maximum atomic E-state index is 11.8. The molecule has 2 rings (SSSR count). The number of carbonyl (C=O) groups excluding carboxylic acids is 1. The van der Waals surface area contributed by atoms with Crippen molar-refractivity contribution in [1.82, 2.24) is 10.3 Å². The summed E-state index contributed by atoms with van der Waals surface area (Å²) in [5.41, 5.74) is 2.64. The van der Waals surface area contributed by atoms with Gasteiger partial charge in [-0.1, -0.05) is 6.07 Å². The summed E-state index contributed by atoms with van der Waals surface area (Å²) < 4.78 is 0. The molecule has 0 saturated carbocycles. The highest BCUT2D eigenvalue weighted by Crippen LogP contribution is 2.24. The molecule has 0 unspecified atom stereocenters. The van der Waals surface area contributed by atoms with E-state index in [0.717, 1.165) is 16.5 Å². The summed E-state index contributed by atoms with van der Waals surface area (Å²) in [6.07, 6.45) is 1.73. The minimum atomic E-state index is -0.337. The van der Waals surface area contributed by atoms with Gasteiger partial charge in [0.05, 0.1) is 23.9 Å². The Morgan fingerprint density at radius 3 is 2.95 bits per heavy atom. The highest BCUT2D eigenvalue weighted by molar-refractivity contribution is 6.01.